The molecular weight excluding hydrogens is 506 g/mol. The number of carbonyl (C=O) groups excluding carboxylic acids is 2. The second-order valence-corrected chi connectivity index (χ2v) is 9.54. The van der Waals surface area contributed by atoms with Gasteiger partial charge in [0.2, 0.25) is 11.7 Å². The van der Waals surface area contributed by atoms with Crippen LogP contribution in [0.5, 0.6) is 0 Å². The Morgan fingerprint density at radius 1 is 1.11 bits per heavy atom. The molecular formula is C24H26F6N4O3. The molecule has 1 saturated heterocycles. The number of fused-ring (bicyclic) bond motifs is 1. The van der Waals surface area contributed by atoms with E-state index in [4.69, 9.17) is 0 Å². The number of hydrogen-bond donors (Lipinski definition) is 1. The van der Waals surface area contributed by atoms with Crippen molar-refractivity contribution in [2.75, 3.05) is 19.7 Å². The Bertz CT molecular complexity index is 1200. The SMILES string of the molecule is CC(CC(=O)N1CCn2c(C(F)(F)F)nc(C(=O)N3CCC[C@H]3CO)c2C1)Cc1cc(F)c(F)cc1F. The van der Waals surface area contributed by atoms with E-state index in [0.717, 1.165) is 10.6 Å². The Hall–Kier alpha value is -3.09. The van der Waals surface area contributed by atoms with Crippen LogP contribution in [0, 0.1) is 23.4 Å². The topological polar surface area (TPSA) is 78.7 Å². The molecule has 1 aromatic heterocycles. The maximum absolute atomic E-state index is 14.0. The number of likely N-dealkylation sites (tertiary alicyclic amines) is 1. The first-order valence-electron chi connectivity index (χ1n) is 11.9. The first-order valence-corrected chi connectivity index (χ1v) is 11.9. The summed E-state index contributed by atoms with van der Waals surface area (Å²) in [5.74, 6) is -6.35. The summed E-state index contributed by atoms with van der Waals surface area (Å²) in [5, 5.41) is 9.54. The first-order chi connectivity index (χ1) is 17.4. The summed E-state index contributed by atoms with van der Waals surface area (Å²) in [5.41, 5.74) is -0.537. The lowest BCUT2D eigenvalue weighted by molar-refractivity contribution is -0.148. The Morgan fingerprint density at radius 2 is 1.81 bits per heavy atom. The van der Waals surface area contributed by atoms with E-state index in [9.17, 15) is 41.0 Å². The molecule has 37 heavy (non-hydrogen) atoms. The highest BCUT2D eigenvalue weighted by molar-refractivity contribution is 5.94. The second kappa shape index (κ2) is 10.3. The van der Waals surface area contributed by atoms with Gasteiger partial charge in [-0.15, -0.1) is 0 Å². The molecule has 2 atom stereocenters. The van der Waals surface area contributed by atoms with Crippen molar-refractivity contribution in [3.63, 3.8) is 0 Å². The van der Waals surface area contributed by atoms with Gasteiger partial charge in [-0.05, 0) is 36.8 Å². The van der Waals surface area contributed by atoms with Gasteiger partial charge in [0.1, 0.15) is 5.82 Å². The summed E-state index contributed by atoms with van der Waals surface area (Å²) >= 11 is 0. The average Bonchev–Trinajstić information content (AvgIpc) is 3.46. The summed E-state index contributed by atoms with van der Waals surface area (Å²) in [6, 6.07) is 0.654. The van der Waals surface area contributed by atoms with Crippen LogP contribution in [-0.2, 0) is 30.5 Å². The summed E-state index contributed by atoms with van der Waals surface area (Å²) in [7, 11) is 0. The van der Waals surface area contributed by atoms with Gasteiger partial charge in [-0.2, -0.15) is 13.2 Å². The summed E-state index contributed by atoms with van der Waals surface area (Å²) in [4.78, 5) is 32.4. The summed E-state index contributed by atoms with van der Waals surface area (Å²) < 4.78 is 82.6. The minimum Gasteiger partial charge on any atom is -0.394 e. The van der Waals surface area contributed by atoms with Crippen molar-refractivity contribution in [1.29, 1.82) is 0 Å². The number of aliphatic hydroxyl groups is 1. The largest absolute Gasteiger partial charge is 0.449 e. The molecule has 2 aromatic rings. The third kappa shape index (κ3) is 5.46. The molecule has 7 nitrogen and oxygen atoms in total. The number of alkyl halides is 3. The van der Waals surface area contributed by atoms with E-state index in [1.165, 1.54) is 9.80 Å². The lowest BCUT2D eigenvalue weighted by Crippen LogP contribution is -2.41. The molecule has 1 fully saturated rings. The fourth-order valence-electron chi connectivity index (χ4n) is 4.99. The molecule has 13 heteroatoms. The van der Waals surface area contributed by atoms with E-state index >= 15 is 0 Å². The van der Waals surface area contributed by atoms with Crippen LogP contribution in [0.15, 0.2) is 12.1 Å². The zero-order valence-corrected chi connectivity index (χ0v) is 20.0. The predicted molar refractivity (Wildman–Crippen MR) is 118 cm³/mol. The quantitative estimate of drug-likeness (QED) is 0.456. The standard InChI is InChI=1S/C24H26F6N4O3/c1-13(7-14-9-17(26)18(27)10-16(14)25)8-20(36)32-5-6-34-19(11-32)21(31-23(34)24(28,29)30)22(37)33-4-2-3-15(33)12-35/h9-10,13,15,35H,2-8,11-12H2,1H3/t13?,15-/m0/s1. The van der Waals surface area contributed by atoms with Gasteiger partial charge in [0, 0.05) is 32.1 Å². The molecule has 1 aromatic carbocycles. The maximum Gasteiger partial charge on any atom is 0.449 e. The van der Waals surface area contributed by atoms with Gasteiger partial charge >= 0.3 is 6.18 Å². The zero-order chi connectivity index (χ0) is 27.1. The van der Waals surface area contributed by atoms with Gasteiger partial charge in [-0.1, -0.05) is 6.92 Å². The molecule has 0 spiro atoms. The number of nitrogens with zero attached hydrogens (tertiary/aromatic N) is 4. The van der Waals surface area contributed by atoms with Crippen molar-refractivity contribution in [2.24, 2.45) is 5.92 Å². The Labute approximate surface area is 208 Å². The van der Waals surface area contributed by atoms with Crippen molar-refractivity contribution < 1.29 is 41.0 Å². The number of rotatable bonds is 6. The normalized spacial score (nSPS) is 18.8. The number of imidazole rings is 1. The van der Waals surface area contributed by atoms with E-state index in [1.54, 1.807) is 6.92 Å². The van der Waals surface area contributed by atoms with Crippen molar-refractivity contribution in [3.8, 4) is 0 Å². The highest BCUT2D eigenvalue weighted by Gasteiger charge is 2.43. The monoisotopic (exact) mass is 532 g/mol. The predicted octanol–water partition coefficient (Wildman–Crippen LogP) is 3.53. The van der Waals surface area contributed by atoms with Gasteiger partial charge in [-0.25, -0.2) is 18.2 Å². The Morgan fingerprint density at radius 3 is 2.49 bits per heavy atom. The Kier molecular flexibility index (Phi) is 7.54. The van der Waals surface area contributed by atoms with Crippen LogP contribution in [0.1, 0.15) is 53.8 Å². The van der Waals surface area contributed by atoms with Crippen LogP contribution in [0.3, 0.4) is 0 Å². The zero-order valence-electron chi connectivity index (χ0n) is 20.0. The number of halogens is 6. The highest BCUT2D eigenvalue weighted by Crippen LogP contribution is 2.34. The molecule has 1 unspecified atom stereocenters. The molecule has 0 saturated carbocycles. The molecule has 202 valence electrons. The van der Waals surface area contributed by atoms with E-state index in [0.29, 0.717) is 18.9 Å². The smallest absolute Gasteiger partial charge is 0.394 e. The van der Waals surface area contributed by atoms with Gasteiger partial charge in [0.05, 0.1) is 24.9 Å². The molecule has 4 rings (SSSR count). The summed E-state index contributed by atoms with van der Waals surface area (Å²) in [6.07, 6.45) is -3.88. The van der Waals surface area contributed by atoms with Gasteiger partial charge < -0.3 is 19.5 Å². The molecule has 1 N–H and O–H groups in total. The lowest BCUT2D eigenvalue weighted by Gasteiger charge is -2.31. The van der Waals surface area contributed by atoms with Gasteiger partial charge in [0.15, 0.2) is 17.3 Å². The van der Waals surface area contributed by atoms with Crippen LogP contribution in [-0.4, -0.2) is 62.0 Å². The maximum atomic E-state index is 14.0. The molecule has 0 radical (unpaired) electrons. The molecule has 2 amide bonds. The van der Waals surface area contributed by atoms with Crippen LogP contribution in [0.25, 0.3) is 0 Å². The molecule has 2 aliphatic rings. The number of carbonyl (C=O) groups is 2. The van der Waals surface area contributed by atoms with Crippen molar-refractivity contribution in [3.05, 3.63) is 52.4 Å². The minimum absolute atomic E-state index is 0.0418. The van der Waals surface area contributed by atoms with E-state index in [1.807, 2.05) is 0 Å². The summed E-state index contributed by atoms with van der Waals surface area (Å²) in [6.45, 7) is 0.992. The van der Waals surface area contributed by atoms with Gasteiger partial charge in [0.25, 0.3) is 5.91 Å². The molecule has 2 aliphatic heterocycles. The van der Waals surface area contributed by atoms with Crippen LogP contribution in [0.4, 0.5) is 26.3 Å². The third-order valence-electron chi connectivity index (χ3n) is 6.85. The number of benzene rings is 1. The minimum atomic E-state index is -4.82. The number of aromatic nitrogens is 2. The van der Waals surface area contributed by atoms with E-state index in [-0.39, 0.29) is 56.9 Å². The lowest BCUT2D eigenvalue weighted by atomic mass is 9.96. The van der Waals surface area contributed by atoms with Gasteiger partial charge in [-0.3, -0.25) is 9.59 Å². The van der Waals surface area contributed by atoms with Crippen molar-refractivity contribution >= 4 is 11.8 Å². The van der Waals surface area contributed by atoms with Crippen LogP contribution in [0.2, 0.25) is 0 Å². The number of aliphatic hydroxyl groups excluding tert-OH is 1. The fraction of sp³-hybridized carbons (Fsp3) is 0.542. The molecule has 3 heterocycles. The van der Waals surface area contributed by atoms with E-state index < -0.39 is 58.9 Å². The van der Waals surface area contributed by atoms with Crippen LogP contribution >= 0.6 is 0 Å². The fourth-order valence-corrected chi connectivity index (χ4v) is 4.99. The molecule has 0 aliphatic carbocycles. The average molecular weight is 532 g/mol. The highest BCUT2D eigenvalue weighted by atomic mass is 19.4. The third-order valence-corrected chi connectivity index (χ3v) is 6.85. The first kappa shape index (κ1) is 27.0. The van der Waals surface area contributed by atoms with Crippen molar-refractivity contribution in [1.82, 2.24) is 19.4 Å². The molecule has 0 bridgehead atoms. The number of amides is 2. The van der Waals surface area contributed by atoms with Crippen molar-refractivity contribution in [2.45, 2.75) is 57.9 Å². The van der Waals surface area contributed by atoms with E-state index in [2.05, 4.69) is 4.98 Å². The van der Waals surface area contributed by atoms with Crippen LogP contribution < -0.4 is 0 Å². The second-order valence-electron chi connectivity index (χ2n) is 9.54. The Balaban J connectivity index is 1.53. The number of hydrogen-bond acceptors (Lipinski definition) is 4.